The molecular weight excluding hydrogens is 990 g/mol. The Morgan fingerprint density at radius 1 is 0.680 bits per heavy atom. The van der Waals surface area contributed by atoms with Gasteiger partial charge in [0, 0.05) is 63.9 Å². The second kappa shape index (κ2) is 26.3. The smallest absolute Gasteiger partial charge is 0.330 e. The minimum atomic E-state index is -1.79. The lowest BCUT2D eigenvalue weighted by Crippen LogP contribution is -2.44. The van der Waals surface area contributed by atoms with Crippen molar-refractivity contribution < 1.29 is 46.9 Å². The van der Waals surface area contributed by atoms with E-state index < -0.39 is 85.7 Å². The zero-order valence-corrected chi connectivity index (χ0v) is 44.6. The van der Waals surface area contributed by atoms with Crippen LogP contribution in [0.15, 0.2) is 123 Å². The molecule has 2 aromatic heterocycles. The highest BCUT2D eigenvalue weighted by Crippen LogP contribution is 2.51. The lowest BCUT2D eigenvalue weighted by Gasteiger charge is -2.38. The van der Waals surface area contributed by atoms with E-state index in [1.54, 1.807) is 14.2 Å². The zero-order valence-electron chi connectivity index (χ0n) is 43.7. The van der Waals surface area contributed by atoms with Gasteiger partial charge < -0.3 is 51.8 Å². The fourth-order valence-corrected chi connectivity index (χ4v) is 11.4. The van der Waals surface area contributed by atoms with Gasteiger partial charge in [0.15, 0.2) is 12.5 Å². The Morgan fingerprint density at radius 2 is 1.19 bits per heavy atom. The number of hydrogen-bond donors (Lipinski definition) is 2. The van der Waals surface area contributed by atoms with E-state index in [0.717, 1.165) is 16.7 Å². The maximum absolute atomic E-state index is 13.4. The second-order valence-corrected chi connectivity index (χ2v) is 20.0. The van der Waals surface area contributed by atoms with Crippen molar-refractivity contribution in [2.75, 3.05) is 68.4 Å². The summed E-state index contributed by atoms with van der Waals surface area (Å²) in [5.74, 6) is 1.32. The molecule has 5 aromatic rings. The highest BCUT2D eigenvalue weighted by Gasteiger charge is 2.51. The first-order valence-electron chi connectivity index (χ1n) is 24.7. The molecule has 21 nitrogen and oxygen atoms in total. The van der Waals surface area contributed by atoms with Crippen LogP contribution in [0.3, 0.4) is 0 Å². The fraction of sp³-hybridized carbons (Fsp3) is 0.491. The molecule has 2 N–H and O–H groups in total. The van der Waals surface area contributed by atoms with Gasteiger partial charge in [0.05, 0.1) is 46.5 Å². The van der Waals surface area contributed by atoms with Crippen LogP contribution in [0.4, 0.5) is 0 Å². The molecule has 75 heavy (non-hydrogen) atoms. The van der Waals surface area contributed by atoms with Crippen LogP contribution in [0.5, 0.6) is 11.5 Å². The molecule has 0 saturated carbocycles. The summed E-state index contributed by atoms with van der Waals surface area (Å²) in [6.07, 6.45) is -4.14. The van der Waals surface area contributed by atoms with Crippen LogP contribution in [0.25, 0.3) is 0 Å². The van der Waals surface area contributed by atoms with Gasteiger partial charge in [-0.25, -0.2) is 14.3 Å². The molecule has 404 valence electrons. The average Bonchev–Trinajstić information content (AvgIpc) is 3.92. The van der Waals surface area contributed by atoms with E-state index >= 15 is 0 Å². The highest BCUT2D eigenvalue weighted by molar-refractivity contribution is 7.44. The standard InChI is InChI=1S/C53H68N7O14P/c1-34(2)60(35(3)4)75(71-30-13-26-54)74-46-41(72-50(48(46)68-9)59-28-25-44(62)56-52(59)64)32-57(5)29-31-69-45-42(73-49(47(45)67-8)58-27-24-43(61)55-51(58)63)33-70-53(36-14-11-10-12-15-36,37-16-20-39(65-6)21-17-37)38-18-22-40(66-7)23-19-38/h10-12,14-25,27-28,34-35,41-42,45-50H,13,29-33H2,1-9H3,(H,55,61,63)(H,56,62,64)/t41-,42-,45-,46-,47-,48-,49-,50-,75?/m1/s1. The van der Waals surface area contributed by atoms with Crippen molar-refractivity contribution in [3.63, 3.8) is 0 Å². The van der Waals surface area contributed by atoms with E-state index in [1.807, 2.05) is 119 Å². The van der Waals surface area contributed by atoms with Gasteiger partial charge >= 0.3 is 11.4 Å². The molecule has 3 aromatic carbocycles. The van der Waals surface area contributed by atoms with Crippen LogP contribution in [0.2, 0.25) is 0 Å². The van der Waals surface area contributed by atoms with Crippen LogP contribution in [0.1, 0.15) is 63.3 Å². The zero-order chi connectivity index (χ0) is 53.8. The molecule has 0 amide bonds. The Balaban J connectivity index is 1.19. The first-order chi connectivity index (χ1) is 36.2. The topological polar surface area (TPSA) is 232 Å². The molecule has 0 radical (unpaired) electrons. The van der Waals surface area contributed by atoms with E-state index in [9.17, 15) is 24.4 Å². The number of aromatic nitrogens is 4. The Labute approximate surface area is 436 Å². The van der Waals surface area contributed by atoms with Gasteiger partial charge in [-0.2, -0.15) is 5.26 Å². The first kappa shape index (κ1) is 56.9. The minimum absolute atomic E-state index is 0.0100. The number of methoxy groups -OCH3 is 4. The number of H-pyrrole nitrogens is 2. The Bertz CT molecular complexity index is 2820. The van der Waals surface area contributed by atoms with Crippen LogP contribution in [-0.2, 0) is 43.1 Å². The monoisotopic (exact) mass is 1060 g/mol. The minimum Gasteiger partial charge on any atom is -0.497 e. The second-order valence-electron chi connectivity index (χ2n) is 18.6. The van der Waals surface area contributed by atoms with E-state index in [4.69, 9.17) is 46.9 Å². The summed E-state index contributed by atoms with van der Waals surface area (Å²) in [4.78, 5) is 57.6. The summed E-state index contributed by atoms with van der Waals surface area (Å²) >= 11 is 0. The van der Waals surface area contributed by atoms with Crippen molar-refractivity contribution in [1.29, 1.82) is 5.26 Å². The van der Waals surface area contributed by atoms with Crippen molar-refractivity contribution in [3.05, 3.63) is 162 Å². The normalized spacial score (nSPS) is 22.3. The maximum Gasteiger partial charge on any atom is 0.330 e. The Hall–Kier alpha value is -5.86. The number of nitrogens with zero attached hydrogens (tertiary/aromatic N) is 5. The lowest BCUT2D eigenvalue weighted by atomic mass is 9.80. The van der Waals surface area contributed by atoms with Crippen molar-refractivity contribution in [2.45, 2.75) is 101 Å². The molecular formula is C53H68N7O14P. The van der Waals surface area contributed by atoms with E-state index in [1.165, 1.54) is 47.9 Å². The maximum atomic E-state index is 13.4. The third-order valence-corrected chi connectivity index (χ3v) is 15.3. The van der Waals surface area contributed by atoms with Crippen LogP contribution in [-0.4, -0.2) is 146 Å². The molecule has 0 bridgehead atoms. The number of likely N-dealkylation sites (N-methyl/N-ethyl adjacent to an activating group) is 1. The molecule has 2 aliphatic rings. The Kier molecular flexibility index (Phi) is 19.9. The molecule has 9 atom stereocenters. The fourth-order valence-electron chi connectivity index (χ4n) is 9.65. The Morgan fingerprint density at radius 3 is 1.67 bits per heavy atom. The molecule has 2 fully saturated rings. The van der Waals surface area contributed by atoms with Crippen LogP contribution in [0, 0.1) is 11.3 Å². The quantitative estimate of drug-likeness (QED) is 0.0425. The summed E-state index contributed by atoms with van der Waals surface area (Å²) in [5, 5.41) is 9.39. The molecule has 1 unspecified atom stereocenters. The number of hydrogen-bond acceptors (Lipinski definition) is 17. The molecule has 2 saturated heterocycles. The number of nitriles is 1. The van der Waals surface area contributed by atoms with E-state index in [2.05, 4.69) is 20.7 Å². The molecule has 7 rings (SSSR count). The summed E-state index contributed by atoms with van der Waals surface area (Å²) in [5.41, 5.74) is -1.36. The number of ether oxygens (including phenoxy) is 8. The van der Waals surface area contributed by atoms with Gasteiger partial charge in [-0.1, -0.05) is 54.6 Å². The lowest BCUT2D eigenvalue weighted by molar-refractivity contribution is -0.106. The van der Waals surface area contributed by atoms with Crippen molar-refractivity contribution in [1.82, 2.24) is 28.7 Å². The van der Waals surface area contributed by atoms with Crippen molar-refractivity contribution in [2.24, 2.45) is 0 Å². The van der Waals surface area contributed by atoms with E-state index in [-0.39, 0.29) is 44.9 Å². The summed E-state index contributed by atoms with van der Waals surface area (Å²) in [6, 6.07) is 29.6. The number of rotatable bonds is 26. The van der Waals surface area contributed by atoms with Crippen molar-refractivity contribution >= 4 is 8.53 Å². The molecule has 0 spiro atoms. The molecule has 2 aliphatic heterocycles. The number of aromatic amines is 2. The SMILES string of the molecule is COc1ccc(C(OC[C@H]2O[C@@H](n3ccc(=O)[nH]c3=O)[C@H](OC)[C@@H]2OCCN(C)C[C@H]2O[C@@H](n3ccc(=O)[nH]c3=O)[C@H](OC)[C@@H]2OP(OCCC#N)N(C(C)C)C(C)C)(c2ccccc2)c2ccc(OC)cc2)cc1. The number of nitrogens with one attached hydrogen (secondary N) is 2. The van der Waals surface area contributed by atoms with Gasteiger partial charge in [-0.05, 0) is 75.7 Å². The van der Waals surface area contributed by atoms with Gasteiger partial charge in [-0.15, -0.1) is 0 Å². The van der Waals surface area contributed by atoms with Gasteiger partial charge in [0.25, 0.3) is 19.6 Å². The summed E-state index contributed by atoms with van der Waals surface area (Å²) < 4.78 is 68.6. The predicted molar refractivity (Wildman–Crippen MR) is 278 cm³/mol. The predicted octanol–water partition coefficient (Wildman–Crippen LogP) is 4.92. The largest absolute Gasteiger partial charge is 0.497 e. The van der Waals surface area contributed by atoms with Gasteiger partial charge in [-0.3, -0.25) is 28.7 Å². The van der Waals surface area contributed by atoms with Gasteiger partial charge in [0.1, 0.15) is 53.7 Å². The molecule has 4 heterocycles. The third-order valence-electron chi connectivity index (χ3n) is 13.2. The first-order valence-corrected chi connectivity index (χ1v) is 25.8. The molecule has 0 aliphatic carbocycles. The van der Waals surface area contributed by atoms with E-state index in [0.29, 0.717) is 18.0 Å². The van der Waals surface area contributed by atoms with Crippen molar-refractivity contribution in [3.8, 4) is 17.6 Å². The van der Waals surface area contributed by atoms with Crippen LogP contribution >= 0.6 is 8.53 Å². The molecule has 22 heteroatoms. The average molecular weight is 1060 g/mol. The van der Waals surface area contributed by atoms with Crippen LogP contribution < -0.4 is 32.0 Å². The van der Waals surface area contributed by atoms with Gasteiger partial charge in [0.2, 0.25) is 0 Å². The number of benzene rings is 3. The highest BCUT2D eigenvalue weighted by atomic mass is 31.2. The third kappa shape index (κ3) is 13.0. The summed E-state index contributed by atoms with van der Waals surface area (Å²) in [7, 11) is 6.29. The summed E-state index contributed by atoms with van der Waals surface area (Å²) in [6.45, 7) is 8.84.